The maximum atomic E-state index is 12.8. The first-order valence-corrected chi connectivity index (χ1v) is 9.56. The van der Waals surface area contributed by atoms with Crippen molar-refractivity contribution in [3.05, 3.63) is 74.8 Å². The first kappa shape index (κ1) is 20.6. The number of nitriles is 1. The number of halogens is 3. The Kier molecular flexibility index (Phi) is 5.25. The van der Waals surface area contributed by atoms with Crippen LogP contribution in [-0.4, -0.2) is 26.4 Å². The van der Waals surface area contributed by atoms with Crippen LogP contribution in [0.5, 0.6) is 0 Å². The molecule has 1 aliphatic rings. The summed E-state index contributed by atoms with van der Waals surface area (Å²) in [6.07, 6.45) is 2.57. The lowest BCUT2D eigenvalue weighted by atomic mass is 10.0. The van der Waals surface area contributed by atoms with Gasteiger partial charge in [-0.2, -0.15) is 19.1 Å². The molecule has 3 heterocycles. The Morgan fingerprint density at radius 3 is 2.77 bits per heavy atom. The molecular weight excluding hydrogens is 426 g/mol. The minimum absolute atomic E-state index is 0.0323. The highest BCUT2D eigenvalue weighted by atomic mass is 35.5. The first-order valence-electron chi connectivity index (χ1n) is 9.18. The Labute approximate surface area is 181 Å². The number of nitrogens with zero attached hydrogens (tertiary/aromatic N) is 5. The van der Waals surface area contributed by atoms with Crippen molar-refractivity contribution in [3.63, 3.8) is 0 Å². The number of anilines is 1. The normalized spacial score (nSPS) is 12.5. The minimum Gasteiger partial charge on any atom is -0.321 e. The second kappa shape index (κ2) is 7.89. The van der Waals surface area contributed by atoms with E-state index in [-0.39, 0.29) is 16.4 Å². The lowest BCUT2D eigenvalue weighted by Crippen LogP contribution is -2.17. The molecule has 3 aromatic rings. The predicted molar refractivity (Wildman–Crippen MR) is 111 cm³/mol. The number of alkyl halides is 2. The van der Waals surface area contributed by atoms with Crippen molar-refractivity contribution in [2.75, 3.05) is 5.32 Å². The topological polar surface area (TPSA) is 96.0 Å². The molecule has 1 amide bonds. The molecule has 0 bridgehead atoms. The van der Waals surface area contributed by atoms with E-state index in [1.807, 2.05) is 12.1 Å². The minimum atomic E-state index is -2.74. The zero-order valence-electron chi connectivity index (χ0n) is 16.4. The number of amides is 1. The summed E-state index contributed by atoms with van der Waals surface area (Å²) in [5.74, 6) is -0.478. The van der Waals surface area contributed by atoms with E-state index in [1.54, 1.807) is 26.0 Å². The van der Waals surface area contributed by atoms with E-state index >= 15 is 0 Å². The Morgan fingerprint density at radius 2 is 2.10 bits per heavy atom. The Morgan fingerprint density at radius 1 is 1.32 bits per heavy atom. The summed E-state index contributed by atoms with van der Waals surface area (Å²) in [7, 11) is 0. The highest BCUT2D eigenvalue weighted by Gasteiger charge is 2.22. The number of benzene rings is 1. The monoisotopic (exact) mass is 440 g/mol. The summed E-state index contributed by atoms with van der Waals surface area (Å²) >= 11 is 6.05. The fraction of sp³-hybridized carbons (Fsp3) is 0.190. The number of hydrogen-bond donors (Lipinski definition) is 1. The highest BCUT2D eigenvalue weighted by Crippen LogP contribution is 2.28. The number of fused-ring (bicyclic) bond motifs is 1. The van der Waals surface area contributed by atoms with Crippen molar-refractivity contribution >= 4 is 28.9 Å². The van der Waals surface area contributed by atoms with Crippen LogP contribution in [0.25, 0.3) is 0 Å². The number of hydrogen-bond acceptors (Lipinski definition) is 5. The van der Waals surface area contributed by atoms with Gasteiger partial charge in [0.2, 0.25) is 0 Å². The maximum Gasteiger partial charge on any atom is 0.333 e. The van der Waals surface area contributed by atoms with Gasteiger partial charge < -0.3 is 5.32 Å². The lowest BCUT2D eigenvalue weighted by molar-refractivity contribution is 0.0566. The van der Waals surface area contributed by atoms with E-state index in [2.05, 4.69) is 20.4 Å². The quantitative estimate of drug-likeness (QED) is 0.607. The SMILES string of the molecule is Cc1c(C(=O)Nc2ccc3c(c2)C(c2cnn(C(F)F)c2)=NC3)nc(Cl)c(C#N)c1C. The molecule has 156 valence electrons. The fourth-order valence-electron chi connectivity index (χ4n) is 3.37. The van der Waals surface area contributed by atoms with E-state index in [1.165, 1.54) is 12.4 Å². The molecular formula is C21H15ClF2N6O. The molecule has 4 rings (SSSR count). The van der Waals surface area contributed by atoms with Crippen molar-refractivity contribution in [1.29, 1.82) is 5.26 Å². The summed E-state index contributed by atoms with van der Waals surface area (Å²) in [6, 6.07) is 7.26. The van der Waals surface area contributed by atoms with Crippen molar-refractivity contribution in [2.45, 2.75) is 26.9 Å². The molecule has 1 aromatic carbocycles. The predicted octanol–water partition coefficient (Wildman–Crippen LogP) is 4.42. The third kappa shape index (κ3) is 3.66. The van der Waals surface area contributed by atoms with E-state index in [0.29, 0.717) is 39.3 Å². The molecule has 10 heteroatoms. The molecule has 0 fully saturated rings. The standard InChI is InChI=1S/C21H15ClF2N6O/c1-10-11(2)17(29-19(22)16(10)6-25)20(31)28-14-4-3-12-7-26-18(15(12)5-14)13-8-27-30(9-13)21(23)24/h3-5,8-9,21H,7H2,1-2H3,(H,28,31). The van der Waals surface area contributed by atoms with E-state index in [9.17, 15) is 18.8 Å². The second-order valence-corrected chi connectivity index (χ2v) is 7.32. The molecule has 0 radical (unpaired) electrons. The fourth-order valence-corrected chi connectivity index (χ4v) is 3.64. The molecule has 1 aliphatic heterocycles. The summed E-state index contributed by atoms with van der Waals surface area (Å²) in [4.78, 5) is 21.3. The van der Waals surface area contributed by atoms with Gasteiger partial charge in [-0.1, -0.05) is 17.7 Å². The van der Waals surface area contributed by atoms with Crippen LogP contribution in [0.4, 0.5) is 14.5 Å². The molecule has 2 aromatic heterocycles. The second-order valence-electron chi connectivity index (χ2n) is 6.97. The molecule has 0 unspecified atom stereocenters. The average Bonchev–Trinajstić information content (AvgIpc) is 3.37. The number of aromatic nitrogens is 3. The number of pyridine rings is 1. The van der Waals surface area contributed by atoms with E-state index in [4.69, 9.17) is 11.6 Å². The van der Waals surface area contributed by atoms with Crippen LogP contribution in [0.2, 0.25) is 5.15 Å². The smallest absolute Gasteiger partial charge is 0.321 e. The molecule has 31 heavy (non-hydrogen) atoms. The summed E-state index contributed by atoms with van der Waals surface area (Å²) in [5.41, 5.74) is 4.62. The van der Waals surface area contributed by atoms with Gasteiger partial charge in [-0.3, -0.25) is 9.79 Å². The van der Waals surface area contributed by atoms with Crippen LogP contribution >= 0.6 is 11.6 Å². The maximum absolute atomic E-state index is 12.8. The first-order chi connectivity index (χ1) is 14.8. The van der Waals surface area contributed by atoms with Crippen LogP contribution < -0.4 is 5.32 Å². The summed E-state index contributed by atoms with van der Waals surface area (Å²) < 4.78 is 26.3. The number of carbonyl (C=O) groups excluding carboxylic acids is 1. The van der Waals surface area contributed by atoms with Gasteiger partial charge in [0.25, 0.3) is 5.91 Å². The molecule has 0 spiro atoms. The average molecular weight is 441 g/mol. The van der Waals surface area contributed by atoms with Crippen molar-refractivity contribution in [3.8, 4) is 6.07 Å². The zero-order chi connectivity index (χ0) is 22.3. The largest absolute Gasteiger partial charge is 0.333 e. The van der Waals surface area contributed by atoms with Gasteiger partial charge in [0.05, 0.1) is 24.0 Å². The number of carbonyl (C=O) groups is 1. The van der Waals surface area contributed by atoms with E-state index in [0.717, 1.165) is 11.1 Å². The zero-order valence-corrected chi connectivity index (χ0v) is 17.2. The van der Waals surface area contributed by atoms with Gasteiger partial charge in [0.15, 0.2) is 0 Å². The van der Waals surface area contributed by atoms with Gasteiger partial charge in [-0.05, 0) is 42.7 Å². The highest BCUT2D eigenvalue weighted by molar-refractivity contribution is 6.31. The Hall–Kier alpha value is -3.64. The molecule has 0 atom stereocenters. The number of nitrogens with one attached hydrogen (secondary N) is 1. The van der Waals surface area contributed by atoms with Gasteiger partial charge in [0.1, 0.15) is 16.9 Å². The molecule has 0 saturated carbocycles. The van der Waals surface area contributed by atoms with Gasteiger partial charge in [-0.25, -0.2) is 9.67 Å². The molecule has 0 aliphatic carbocycles. The third-order valence-corrected chi connectivity index (χ3v) is 5.41. The van der Waals surface area contributed by atoms with Crippen LogP contribution in [0.15, 0.2) is 35.6 Å². The van der Waals surface area contributed by atoms with Crippen LogP contribution in [0.3, 0.4) is 0 Å². The van der Waals surface area contributed by atoms with Crippen LogP contribution in [0.1, 0.15) is 50.4 Å². The summed E-state index contributed by atoms with van der Waals surface area (Å²) in [5, 5.41) is 15.6. The van der Waals surface area contributed by atoms with Gasteiger partial charge >= 0.3 is 6.55 Å². The molecule has 1 N–H and O–H groups in total. The van der Waals surface area contributed by atoms with E-state index < -0.39 is 12.5 Å². The van der Waals surface area contributed by atoms with Crippen molar-refractivity contribution < 1.29 is 13.6 Å². The van der Waals surface area contributed by atoms with Gasteiger partial charge in [-0.15, -0.1) is 0 Å². The van der Waals surface area contributed by atoms with Crippen LogP contribution in [0, 0.1) is 25.2 Å². The Bertz CT molecular complexity index is 1290. The lowest BCUT2D eigenvalue weighted by Gasteiger charge is -2.12. The molecule has 0 saturated heterocycles. The van der Waals surface area contributed by atoms with Crippen molar-refractivity contribution in [1.82, 2.24) is 14.8 Å². The van der Waals surface area contributed by atoms with Gasteiger partial charge in [0, 0.05) is 23.0 Å². The van der Waals surface area contributed by atoms with Crippen LogP contribution in [-0.2, 0) is 6.54 Å². The Balaban J connectivity index is 1.63. The number of rotatable bonds is 4. The third-order valence-electron chi connectivity index (χ3n) is 5.14. The molecule has 7 nitrogen and oxygen atoms in total. The van der Waals surface area contributed by atoms with Crippen molar-refractivity contribution in [2.24, 2.45) is 4.99 Å². The summed E-state index contributed by atoms with van der Waals surface area (Å²) in [6.45, 7) is 1.07. The number of aliphatic imine (C=N–C) groups is 1.